The molecule has 0 aliphatic heterocycles. The fraction of sp³-hybridized carbons (Fsp3) is 0.125. The van der Waals surface area contributed by atoms with Crippen LogP contribution >= 0.6 is 11.6 Å². The van der Waals surface area contributed by atoms with Gasteiger partial charge < -0.3 is 15.8 Å². The van der Waals surface area contributed by atoms with E-state index in [1.54, 1.807) is 42.5 Å². The summed E-state index contributed by atoms with van der Waals surface area (Å²) in [4.78, 5) is 22.6. The highest BCUT2D eigenvalue weighted by atomic mass is 35.5. The molecule has 5 nitrogen and oxygen atoms in total. The quantitative estimate of drug-likeness (QED) is 0.803. The molecule has 0 fully saturated rings. The van der Waals surface area contributed by atoms with Crippen molar-refractivity contribution in [2.24, 2.45) is 5.73 Å². The third-order valence-electron chi connectivity index (χ3n) is 2.88. The van der Waals surface area contributed by atoms with Crippen LogP contribution in [0.15, 0.2) is 48.5 Å². The number of carbonyl (C=O) groups excluding carboxylic acids is 2. The van der Waals surface area contributed by atoms with Crippen molar-refractivity contribution in [2.45, 2.75) is 6.61 Å². The zero-order valence-corrected chi connectivity index (χ0v) is 12.5. The molecule has 0 aliphatic rings. The number of carbonyl (C=O) groups is 2. The molecule has 0 atom stereocenters. The first-order valence-corrected chi connectivity index (χ1v) is 7.10. The molecule has 0 unspecified atom stereocenters. The Morgan fingerprint density at radius 2 is 1.91 bits per heavy atom. The van der Waals surface area contributed by atoms with Gasteiger partial charge in [-0.05, 0) is 29.8 Å². The summed E-state index contributed by atoms with van der Waals surface area (Å²) in [5.74, 6) is -0.505. The number of hydrogen-bond acceptors (Lipinski definition) is 3. The van der Waals surface area contributed by atoms with Crippen molar-refractivity contribution in [1.29, 1.82) is 0 Å². The fourth-order valence-electron chi connectivity index (χ4n) is 1.89. The SMILES string of the molecule is NC(=O)c1ccccc1OCc1cccc(NC(=O)CCl)c1. The first kappa shape index (κ1) is 15.9. The maximum Gasteiger partial charge on any atom is 0.252 e. The molecule has 0 heterocycles. The predicted octanol–water partition coefficient (Wildman–Crippen LogP) is 2.54. The summed E-state index contributed by atoms with van der Waals surface area (Å²) < 4.78 is 5.63. The topological polar surface area (TPSA) is 81.4 Å². The zero-order valence-electron chi connectivity index (χ0n) is 11.7. The van der Waals surface area contributed by atoms with Gasteiger partial charge in [-0.2, -0.15) is 0 Å². The van der Waals surface area contributed by atoms with Gasteiger partial charge in [-0.3, -0.25) is 9.59 Å². The van der Waals surface area contributed by atoms with E-state index < -0.39 is 5.91 Å². The molecule has 0 radical (unpaired) electrons. The minimum Gasteiger partial charge on any atom is -0.488 e. The summed E-state index contributed by atoms with van der Waals surface area (Å²) in [6.45, 7) is 0.245. The Bertz CT molecular complexity index is 689. The lowest BCUT2D eigenvalue weighted by Gasteiger charge is -2.10. The minimum atomic E-state index is -0.543. The van der Waals surface area contributed by atoms with Gasteiger partial charge in [0.15, 0.2) is 0 Å². The molecule has 2 amide bonds. The molecule has 0 aromatic heterocycles. The number of para-hydroxylation sites is 1. The summed E-state index contributed by atoms with van der Waals surface area (Å²) in [6, 6.07) is 13.9. The average Bonchev–Trinajstić information content (AvgIpc) is 2.53. The van der Waals surface area contributed by atoms with E-state index in [0.717, 1.165) is 5.56 Å². The van der Waals surface area contributed by atoms with E-state index in [1.165, 1.54) is 0 Å². The molecule has 2 aromatic carbocycles. The van der Waals surface area contributed by atoms with Gasteiger partial charge in [-0.15, -0.1) is 11.6 Å². The Labute approximate surface area is 133 Å². The van der Waals surface area contributed by atoms with Gasteiger partial charge in [0.05, 0.1) is 5.56 Å². The molecule has 0 bridgehead atoms. The molecule has 3 N–H and O–H groups in total. The van der Waals surface area contributed by atoms with Crippen LogP contribution in [0.1, 0.15) is 15.9 Å². The van der Waals surface area contributed by atoms with Crippen LogP contribution in [0.2, 0.25) is 0 Å². The molecule has 6 heteroatoms. The minimum absolute atomic E-state index is 0.104. The van der Waals surface area contributed by atoms with E-state index in [0.29, 0.717) is 17.0 Å². The van der Waals surface area contributed by atoms with Gasteiger partial charge in [-0.1, -0.05) is 24.3 Å². The van der Waals surface area contributed by atoms with E-state index in [1.807, 2.05) is 6.07 Å². The number of halogens is 1. The average molecular weight is 319 g/mol. The van der Waals surface area contributed by atoms with Crippen molar-refractivity contribution in [3.63, 3.8) is 0 Å². The van der Waals surface area contributed by atoms with Crippen LogP contribution in [0.5, 0.6) is 5.75 Å². The van der Waals surface area contributed by atoms with Crippen molar-refractivity contribution in [2.75, 3.05) is 11.2 Å². The molecule has 0 spiro atoms. The Morgan fingerprint density at radius 3 is 2.64 bits per heavy atom. The maximum absolute atomic E-state index is 11.3. The lowest BCUT2D eigenvalue weighted by molar-refractivity contribution is -0.113. The summed E-state index contributed by atoms with van der Waals surface area (Å²) in [6.07, 6.45) is 0. The van der Waals surface area contributed by atoms with E-state index in [-0.39, 0.29) is 18.4 Å². The Morgan fingerprint density at radius 1 is 1.14 bits per heavy atom. The molecular formula is C16H15ClN2O3. The maximum atomic E-state index is 11.3. The van der Waals surface area contributed by atoms with Crippen LogP contribution in [-0.4, -0.2) is 17.7 Å². The highest BCUT2D eigenvalue weighted by molar-refractivity contribution is 6.29. The Kier molecular flexibility index (Phi) is 5.38. The largest absolute Gasteiger partial charge is 0.488 e. The van der Waals surface area contributed by atoms with E-state index in [4.69, 9.17) is 22.1 Å². The number of alkyl halides is 1. The Hall–Kier alpha value is -2.53. The molecule has 2 aromatic rings. The third kappa shape index (κ3) is 4.23. The molecule has 2 rings (SSSR count). The van der Waals surface area contributed by atoms with Gasteiger partial charge in [0, 0.05) is 5.69 Å². The van der Waals surface area contributed by atoms with Crippen LogP contribution < -0.4 is 15.8 Å². The van der Waals surface area contributed by atoms with Crippen molar-refractivity contribution in [3.05, 3.63) is 59.7 Å². The molecule has 114 valence electrons. The number of rotatable bonds is 6. The number of hydrogen-bond donors (Lipinski definition) is 2. The van der Waals surface area contributed by atoms with Gasteiger partial charge >= 0.3 is 0 Å². The van der Waals surface area contributed by atoms with Gasteiger partial charge in [0.2, 0.25) is 5.91 Å². The first-order valence-electron chi connectivity index (χ1n) is 6.56. The lowest BCUT2D eigenvalue weighted by Crippen LogP contribution is -2.13. The van der Waals surface area contributed by atoms with Gasteiger partial charge in [-0.25, -0.2) is 0 Å². The number of nitrogens with two attached hydrogens (primary N) is 1. The first-order chi connectivity index (χ1) is 10.6. The van der Waals surface area contributed by atoms with Crippen LogP contribution in [0, 0.1) is 0 Å². The van der Waals surface area contributed by atoms with Crippen molar-refractivity contribution >= 4 is 29.1 Å². The van der Waals surface area contributed by atoms with Crippen LogP contribution in [0.25, 0.3) is 0 Å². The molecule has 0 saturated heterocycles. The number of anilines is 1. The summed E-state index contributed by atoms with van der Waals surface area (Å²) in [5, 5.41) is 2.66. The number of nitrogens with one attached hydrogen (secondary N) is 1. The smallest absolute Gasteiger partial charge is 0.252 e. The summed E-state index contributed by atoms with van der Waals surface area (Å²) in [5.41, 5.74) is 7.10. The number of benzene rings is 2. The van der Waals surface area contributed by atoms with Gasteiger partial charge in [0.25, 0.3) is 5.91 Å². The number of amides is 2. The van der Waals surface area contributed by atoms with Gasteiger partial charge in [0.1, 0.15) is 18.2 Å². The number of ether oxygens (including phenoxy) is 1. The van der Waals surface area contributed by atoms with Crippen molar-refractivity contribution < 1.29 is 14.3 Å². The third-order valence-corrected chi connectivity index (χ3v) is 3.12. The molecule has 0 aliphatic carbocycles. The van der Waals surface area contributed by atoms with Crippen LogP contribution in [0.3, 0.4) is 0 Å². The molecular weight excluding hydrogens is 304 g/mol. The molecule has 22 heavy (non-hydrogen) atoms. The second-order valence-electron chi connectivity index (χ2n) is 4.53. The fourth-order valence-corrected chi connectivity index (χ4v) is 1.96. The van der Waals surface area contributed by atoms with E-state index in [9.17, 15) is 9.59 Å². The predicted molar refractivity (Wildman–Crippen MR) is 85.1 cm³/mol. The second kappa shape index (κ2) is 7.47. The standard InChI is InChI=1S/C16H15ClN2O3/c17-9-15(20)19-12-5-3-4-11(8-12)10-22-14-7-2-1-6-13(14)16(18)21/h1-8H,9-10H2,(H2,18,21)(H,19,20). The lowest BCUT2D eigenvalue weighted by atomic mass is 10.2. The van der Waals surface area contributed by atoms with E-state index in [2.05, 4.69) is 5.32 Å². The molecule has 0 saturated carbocycles. The van der Waals surface area contributed by atoms with Crippen LogP contribution in [0.4, 0.5) is 5.69 Å². The summed E-state index contributed by atoms with van der Waals surface area (Å²) >= 11 is 5.45. The van der Waals surface area contributed by atoms with E-state index >= 15 is 0 Å². The zero-order chi connectivity index (χ0) is 15.9. The number of primary amides is 1. The second-order valence-corrected chi connectivity index (χ2v) is 4.80. The van der Waals surface area contributed by atoms with Crippen molar-refractivity contribution in [3.8, 4) is 5.75 Å². The highest BCUT2D eigenvalue weighted by Gasteiger charge is 2.08. The Balaban J connectivity index is 2.07. The summed E-state index contributed by atoms with van der Waals surface area (Å²) in [7, 11) is 0. The van der Waals surface area contributed by atoms with Crippen LogP contribution in [-0.2, 0) is 11.4 Å². The monoisotopic (exact) mass is 318 g/mol. The highest BCUT2D eigenvalue weighted by Crippen LogP contribution is 2.19. The normalized spacial score (nSPS) is 10.0. The van der Waals surface area contributed by atoms with Crippen molar-refractivity contribution in [1.82, 2.24) is 0 Å².